The van der Waals surface area contributed by atoms with Crippen LogP contribution in [0.2, 0.25) is 0 Å². The van der Waals surface area contributed by atoms with Gasteiger partial charge in [0.15, 0.2) is 43.4 Å². The molecule has 0 aliphatic heterocycles. The summed E-state index contributed by atoms with van der Waals surface area (Å²) in [6, 6.07) is 63.7. The van der Waals surface area contributed by atoms with Crippen molar-refractivity contribution in [3.05, 3.63) is 333 Å². The van der Waals surface area contributed by atoms with Gasteiger partial charge in [0.2, 0.25) is 39.9 Å². The zero-order valence-electron chi connectivity index (χ0n) is 86.9. The van der Waals surface area contributed by atoms with E-state index >= 15 is 0 Å². The summed E-state index contributed by atoms with van der Waals surface area (Å²) in [7, 11) is 14.3. The highest BCUT2D eigenvalue weighted by Crippen LogP contribution is 2.23. The predicted octanol–water partition coefficient (Wildman–Crippen LogP) is 26.9. The van der Waals surface area contributed by atoms with Gasteiger partial charge in [0.1, 0.15) is 73.4 Å². The summed E-state index contributed by atoms with van der Waals surface area (Å²) < 4.78 is 14.6. The normalized spacial score (nSPS) is 8.56. The molecule has 686 valence electrons. The topological polar surface area (TPSA) is 130 Å². The lowest BCUT2D eigenvalue weighted by Crippen LogP contribution is -2.30. The van der Waals surface area contributed by atoms with Gasteiger partial charge in [-0.25, -0.2) is 47.8 Å². The van der Waals surface area contributed by atoms with Gasteiger partial charge in [-0.1, -0.05) is 218 Å². The van der Waals surface area contributed by atoms with Crippen molar-refractivity contribution in [1.29, 1.82) is 0 Å². The minimum Gasteiger partial charge on any atom is -0.264 e. The van der Waals surface area contributed by atoms with Crippen LogP contribution < -0.4 is 32.0 Å². The molecule has 14 aromatic rings. The molecule has 0 fully saturated rings. The van der Waals surface area contributed by atoms with Gasteiger partial charge in [-0.3, -0.25) is 15.0 Å². The van der Waals surface area contributed by atoms with Crippen molar-refractivity contribution >= 4 is 0 Å². The molecule has 0 radical (unpaired) electrons. The lowest BCUT2D eigenvalue weighted by molar-refractivity contribution is -0.660. The van der Waals surface area contributed by atoms with Gasteiger partial charge >= 0.3 is 0 Å². The van der Waals surface area contributed by atoms with Crippen LogP contribution in [0.3, 0.4) is 0 Å². The van der Waals surface area contributed by atoms with Crippen molar-refractivity contribution in [2.75, 3.05) is 0 Å². The maximum absolute atomic E-state index is 4.39. The molecule has 13 heterocycles. The van der Waals surface area contributed by atoms with Crippen molar-refractivity contribution in [2.45, 2.75) is 242 Å². The summed E-state index contributed by atoms with van der Waals surface area (Å²) in [6.07, 6.45) is 32.2. The van der Waals surface area contributed by atoms with Gasteiger partial charge in [-0.15, -0.1) is 0 Å². The van der Waals surface area contributed by atoms with Crippen molar-refractivity contribution in [2.24, 2.45) is 49.3 Å². The summed E-state index contributed by atoms with van der Waals surface area (Å²) in [5, 5.41) is 0. The molecule has 0 atom stereocenters. The standard InChI is InChI=1S/C13H14N.4C12H13N2.2C11H12N3.14C2H6/c1-11-7-3-4-8-12(11)13-9-5-6-10-14(13)2;1-10-11(6-5-8-13-10)12-7-3-4-9-14(12)2;1-10-6-5-8-13-12(10)11-7-3-4-9-14(11)2;1-10-9-13-7-6-11(10)12-5-3-4-8-14(12)2;1-10-6-7-13-9-11(10)12-5-3-4-8-14(12)2;1-9-10(7-12-8-13-9)11-5-3-4-6-14(11)2;1-9-7-12-8-13-11(9)10-5-3-4-6-14(10)2;14*1-2/h3-10H,1-2H3;4*3-9H,1-2H3;2*3-8H,1-2H3;14*1-2H3/q7*+1;;;;;;;;;;;;;;. The fraction of sp³-hybridized carbons (Fsp3) is 0.378. The van der Waals surface area contributed by atoms with E-state index in [9.17, 15) is 0 Å². The van der Waals surface area contributed by atoms with Crippen LogP contribution in [-0.4, -0.2) is 39.9 Å². The second-order valence-electron chi connectivity index (χ2n) is 23.5. The van der Waals surface area contributed by atoms with E-state index in [0.717, 1.165) is 51.0 Å². The van der Waals surface area contributed by atoms with Gasteiger partial charge < -0.3 is 0 Å². The number of pyridine rings is 11. The van der Waals surface area contributed by atoms with Crippen LogP contribution in [0.15, 0.2) is 294 Å². The Labute approximate surface area is 770 Å². The Morgan fingerprint density at radius 3 is 0.794 bits per heavy atom. The highest BCUT2D eigenvalue weighted by Gasteiger charge is 2.17. The average Bonchev–Trinajstić information content (AvgIpc) is 0.882. The maximum Gasteiger partial charge on any atom is 0.231 e. The highest BCUT2D eigenvalue weighted by atomic mass is 15.0. The molecular weight excluding hydrogens is 1540 g/mol. The van der Waals surface area contributed by atoms with Crippen LogP contribution in [0.25, 0.3) is 79.1 Å². The molecule has 0 saturated carbocycles. The van der Waals surface area contributed by atoms with E-state index in [4.69, 9.17) is 0 Å². The monoisotopic (exact) mass is 1720 g/mol. The number of hydrogen-bond donors (Lipinski definition) is 0. The first-order valence-corrected chi connectivity index (χ1v) is 46.4. The van der Waals surface area contributed by atoms with Gasteiger partial charge in [0, 0.05) is 140 Å². The molecule has 15 heteroatoms. The van der Waals surface area contributed by atoms with Gasteiger partial charge in [0.25, 0.3) is 0 Å². The largest absolute Gasteiger partial charge is 0.264 e. The molecule has 15 nitrogen and oxygen atoms in total. The van der Waals surface area contributed by atoms with E-state index < -0.39 is 0 Å². The first kappa shape index (κ1) is 127. The third-order valence-electron chi connectivity index (χ3n) is 16.3. The Morgan fingerprint density at radius 1 is 0.175 bits per heavy atom. The molecule has 1 aromatic carbocycles. The van der Waals surface area contributed by atoms with E-state index in [1.165, 1.54) is 67.3 Å². The maximum atomic E-state index is 4.39. The Hall–Kier alpha value is -12.0. The second kappa shape index (κ2) is 86.5. The lowest BCUT2D eigenvalue weighted by Gasteiger charge is -2.02. The van der Waals surface area contributed by atoms with Crippen LogP contribution in [0.1, 0.15) is 233 Å². The number of rotatable bonds is 7. The number of hydrogen-bond acceptors (Lipinski definition) is 8. The van der Waals surface area contributed by atoms with Gasteiger partial charge in [-0.2, -0.15) is 9.13 Å². The minimum atomic E-state index is 0.989. The Bertz CT molecular complexity index is 3710. The molecule has 13 aromatic heterocycles. The fourth-order valence-corrected chi connectivity index (χ4v) is 10.7. The van der Waals surface area contributed by atoms with E-state index in [0.29, 0.717) is 0 Å². The minimum absolute atomic E-state index is 0.989. The molecule has 0 aliphatic rings. The van der Waals surface area contributed by atoms with Crippen LogP contribution >= 0.6 is 0 Å². The SMILES string of the molecule is CC.CC.CC.CC.CC.CC.CC.CC.CC.CC.CC.CC.CC.CC.Cc1ccccc1-c1cccc[n+]1C.Cc1cccnc1-c1cccc[n+]1C.Cc1ccncc1-c1cccc[n+]1C.Cc1cnccc1-c1cccc[n+]1C.Cc1cncnc1-c1cccc[n+]1C.Cc1ncccc1-c1cccc[n+]1C.Cc1ncncc1-c1cccc[n+]1C. The zero-order chi connectivity index (χ0) is 97.8. The van der Waals surface area contributed by atoms with Crippen LogP contribution in [0, 0.1) is 48.5 Å². The molecule has 0 aliphatic carbocycles. The zero-order valence-corrected chi connectivity index (χ0v) is 86.9. The van der Waals surface area contributed by atoms with Crippen molar-refractivity contribution in [3.63, 3.8) is 0 Å². The first-order chi connectivity index (χ1) is 61.5. The lowest BCUT2D eigenvalue weighted by atomic mass is 10.1. The molecule has 0 unspecified atom stereocenters. The Morgan fingerprint density at radius 2 is 0.437 bits per heavy atom. The third kappa shape index (κ3) is 47.8. The molecule has 126 heavy (non-hydrogen) atoms. The van der Waals surface area contributed by atoms with E-state index in [1.54, 1.807) is 12.7 Å². The molecule has 0 N–H and O–H groups in total. The average molecular weight is 1720 g/mol. The number of nitrogens with zero attached hydrogens (tertiary/aromatic N) is 15. The Kier molecular flexibility index (Phi) is 87.4. The molecule has 0 spiro atoms. The summed E-state index contributed by atoms with van der Waals surface area (Å²) >= 11 is 0. The second-order valence-corrected chi connectivity index (χ2v) is 23.5. The van der Waals surface area contributed by atoms with E-state index in [2.05, 4.69) is 217 Å². The van der Waals surface area contributed by atoms with Crippen LogP contribution in [0.4, 0.5) is 0 Å². The predicted molar refractivity (Wildman–Crippen MR) is 546 cm³/mol. The highest BCUT2D eigenvalue weighted by molar-refractivity contribution is 5.63. The number of aromatic nitrogens is 15. The van der Waals surface area contributed by atoms with Crippen LogP contribution in [0.5, 0.6) is 0 Å². The quantitative estimate of drug-likeness (QED) is 0.144. The summed E-state index contributed by atoms with van der Waals surface area (Å²) in [5.74, 6) is 0. The summed E-state index contributed by atoms with van der Waals surface area (Å²) in [4.78, 5) is 33.4. The van der Waals surface area contributed by atoms with Gasteiger partial charge in [0.05, 0.1) is 33.6 Å². The number of aryl methyl sites for hydroxylation is 14. The molecular formula is C111H174N15+7. The van der Waals surface area contributed by atoms with E-state index in [-0.39, 0.29) is 0 Å². The Balaban J connectivity index is -0.000000250. The smallest absolute Gasteiger partial charge is 0.231 e. The van der Waals surface area contributed by atoms with Gasteiger partial charge in [-0.05, 0) is 155 Å². The molecule has 14 rings (SSSR count). The van der Waals surface area contributed by atoms with Crippen molar-refractivity contribution < 1.29 is 32.0 Å². The molecule has 0 saturated heterocycles. The first-order valence-electron chi connectivity index (χ1n) is 46.4. The summed E-state index contributed by atoms with van der Waals surface area (Å²) in [5.41, 5.74) is 24.4. The molecule has 0 amide bonds. The fourth-order valence-electron chi connectivity index (χ4n) is 10.7. The van der Waals surface area contributed by atoms with Crippen LogP contribution in [-0.2, 0) is 49.3 Å². The molecule has 0 bridgehead atoms. The van der Waals surface area contributed by atoms with E-state index in [1.807, 2.05) is 427 Å². The van der Waals surface area contributed by atoms with Crippen molar-refractivity contribution in [1.82, 2.24) is 39.9 Å². The van der Waals surface area contributed by atoms with Crippen molar-refractivity contribution in [3.8, 4) is 79.1 Å². The third-order valence-corrected chi connectivity index (χ3v) is 16.3. The summed E-state index contributed by atoms with van der Waals surface area (Å²) in [6.45, 7) is 70.4. The number of benzene rings is 1.